The predicted octanol–water partition coefficient (Wildman–Crippen LogP) is 1.91. The first kappa shape index (κ1) is 17.3. The maximum atomic E-state index is 12.9. The van der Waals surface area contributed by atoms with Crippen LogP contribution in [-0.4, -0.2) is 38.2 Å². The van der Waals surface area contributed by atoms with E-state index in [0.29, 0.717) is 17.7 Å². The Morgan fingerprint density at radius 2 is 1.88 bits per heavy atom. The van der Waals surface area contributed by atoms with Crippen molar-refractivity contribution in [3.63, 3.8) is 0 Å². The molecular weight excluding hydrogens is 311 g/mol. The Morgan fingerprint density at radius 1 is 1.16 bits per heavy atom. The number of carbonyl (C=O) groups excluding carboxylic acids is 2. The van der Waals surface area contributed by atoms with Crippen LogP contribution in [0.15, 0.2) is 42.5 Å². The maximum Gasteiger partial charge on any atom is 0.237 e. The van der Waals surface area contributed by atoms with E-state index in [1.165, 1.54) is 0 Å². The quantitative estimate of drug-likeness (QED) is 0.690. The number of amides is 2. The van der Waals surface area contributed by atoms with E-state index in [-0.39, 0.29) is 17.7 Å². The molecule has 25 heavy (non-hydrogen) atoms. The number of rotatable bonds is 3. The SMILES string of the molecule is [B]c1cc(C)ccc1NC(=O)C1C(=O)N(C)CC1c1cccc(C)c1. The highest BCUT2D eigenvalue weighted by Gasteiger charge is 2.44. The lowest BCUT2D eigenvalue weighted by Crippen LogP contribution is -2.34. The molecule has 0 aliphatic carbocycles. The number of likely N-dealkylation sites (tertiary alicyclic amines) is 1. The lowest BCUT2D eigenvalue weighted by atomic mass is 9.86. The largest absolute Gasteiger partial charge is 0.344 e. The fourth-order valence-corrected chi connectivity index (χ4v) is 3.40. The van der Waals surface area contributed by atoms with Crippen LogP contribution in [0.1, 0.15) is 22.6 Å². The summed E-state index contributed by atoms with van der Waals surface area (Å²) in [6.45, 7) is 4.47. The Hall–Kier alpha value is -2.56. The van der Waals surface area contributed by atoms with Crippen LogP contribution in [-0.2, 0) is 9.59 Å². The number of hydrogen-bond donors (Lipinski definition) is 1. The van der Waals surface area contributed by atoms with Crippen LogP contribution in [0.3, 0.4) is 0 Å². The Kier molecular flexibility index (Phi) is 4.66. The molecule has 5 heteroatoms. The third-order valence-corrected chi connectivity index (χ3v) is 4.73. The van der Waals surface area contributed by atoms with Crippen LogP contribution in [0.25, 0.3) is 0 Å². The lowest BCUT2D eigenvalue weighted by Gasteiger charge is -2.18. The van der Waals surface area contributed by atoms with Crippen molar-refractivity contribution in [3.05, 3.63) is 59.2 Å². The van der Waals surface area contributed by atoms with E-state index >= 15 is 0 Å². The van der Waals surface area contributed by atoms with Gasteiger partial charge in [-0.2, -0.15) is 0 Å². The van der Waals surface area contributed by atoms with Gasteiger partial charge >= 0.3 is 0 Å². The van der Waals surface area contributed by atoms with Crippen molar-refractivity contribution >= 4 is 30.8 Å². The molecule has 126 valence electrons. The van der Waals surface area contributed by atoms with E-state index in [1.807, 2.05) is 44.2 Å². The van der Waals surface area contributed by atoms with Gasteiger partial charge in [0.15, 0.2) is 0 Å². The number of nitrogens with one attached hydrogen (secondary N) is 1. The van der Waals surface area contributed by atoms with Gasteiger partial charge in [0.05, 0.1) is 0 Å². The molecule has 1 N–H and O–H groups in total. The van der Waals surface area contributed by atoms with E-state index in [1.54, 1.807) is 24.1 Å². The number of nitrogens with zero attached hydrogens (tertiary/aromatic N) is 1. The van der Waals surface area contributed by atoms with Gasteiger partial charge in [-0.3, -0.25) is 9.59 Å². The van der Waals surface area contributed by atoms with Gasteiger partial charge in [0, 0.05) is 25.2 Å². The second-order valence-electron chi connectivity index (χ2n) is 6.80. The molecule has 2 atom stereocenters. The molecule has 0 aromatic heterocycles. The molecule has 0 spiro atoms. The monoisotopic (exact) mass is 332 g/mol. The molecule has 2 aromatic carbocycles. The number of likely N-dealkylation sites (N-methyl/N-ethyl adjacent to an activating group) is 1. The van der Waals surface area contributed by atoms with Crippen LogP contribution in [0.5, 0.6) is 0 Å². The second kappa shape index (κ2) is 6.75. The van der Waals surface area contributed by atoms with Crippen molar-refractivity contribution in [1.29, 1.82) is 0 Å². The van der Waals surface area contributed by atoms with E-state index in [9.17, 15) is 9.59 Å². The smallest absolute Gasteiger partial charge is 0.237 e. The topological polar surface area (TPSA) is 49.4 Å². The predicted molar refractivity (Wildman–Crippen MR) is 100 cm³/mol. The minimum Gasteiger partial charge on any atom is -0.344 e. The zero-order valence-electron chi connectivity index (χ0n) is 14.7. The van der Waals surface area contributed by atoms with Crippen LogP contribution in [0.4, 0.5) is 5.69 Å². The third-order valence-electron chi connectivity index (χ3n) is 4.73. The van der Waals surface area contributed by atoms with E-state index in [2.05, 4.69) is 5.32 Å². The summed E-state index contributed by atoms with van der Waals surface area (Å²) in [4.78, 5) is 27.1. The first-order chi connectivity index (χ1) is 11.9. The molecule has 1 fully saturated rings. The van der Waals surface area contributed by atoms with E-state index < -0.39 is 5.92 Å². The minimum atomic E-state index is -0.743. The fourth-order valence-electron chi connectivity index (χ4n) is 3.40. The number of carbonyl (C=O) groups is 2. The van der Waals surface area contributed by atoms with Crippen molar-refractivity contribution in [2.45, 2.75) is 19.8 Å². The summed E-state index contributed by atoms with van der Waals surface area (Å²) >= 11 is 0. The molecule has 1 aliphatic heterocycles. The van der Waals surface area contributed by atoms with Crippen molar-refractivity contribution < 1.29 is 9.59 Å². The molecular formula is C20H21BN2O2. The fraction of sp³-hybridized carbons (Fsp3) is 0.300. The number of anilines is 1. The maximum absolute atomic E-state index is 12.9. The van der Waals surface area contributed by atoms with E-state index in [4.69, 9.17) is 7.85 Å². The molecule has 1 aliphatic rings. The Morgan fingerprint density at radius 3 is 2.56 bits per heavy atom. The third kappa shape index (κ3) is 3.45. The first-order valence-electron chi connectivity index (χ1n) is 8.35. The molecule has 0 saturated carbocycles. The van der Waals surface area contributed by atoms with Gasteiger partial charge in [-0.1, -0.05) is 53.0 Å². The van der Waals surface area contributed by atoms with Crippen LogP contribution >= 0.6 is 0 Å². The molecule has 0 bridgehead atoms. The highest BCUT2D eigenvalue weighted by atomic mass is 16.2. The summed E-state index contributed by atoms with van der Waals surface area (Å²) in [6, 6.07) is 13.4. The zero-order chi connectivity index (χ0) is 18.1. The highest BCUT2D eigenvalue weighted by molar-refractivity contribution is 6.36. The molecule has 2 radical (unpaired) electrons. The molecule has 2 amide bonds. The molecule has 1 saturated heterocycles. The van der Waals surface area contributed by atoms with Gasteiger partial charge in [-0.05, 0) is 25.5 Å². The summed E-state index contributed by atoms with van der Waals surface area (Å²) in [5.74, 6) is -1.37. The van der Waals surface area contributed by atoms with E-state index in [0.717, 1.165) is 16.7 Å². The summed E-state index contributed by atoms with van der Waals surface area (Å²) in [6.07, 6.45) is 0. The minimum absolute atomic E-state index is 0.158. The highest BCUT2D eigenvalue weighted by Crippen LogP contribution is 2.34. The first-order valence-corrected chi connectivity index (χ1v) is 8.35. The van der Waals surface area contributed by atoms with Crippen LogP contribution < -0.4 is 10.8 Å². The van der Waals surface area contributed by atoms with Gasteiger partial charge in [-0.15, -0.1) is 0 Å². The lowest BCUT2D eigenvalue weighted by molar-refractivity contribution is -0.135. The van der Waals surface area contributed by atoms with Gasteiger partial charge < -0.3 is 10.2 Å². The number of hydrogen-bond acceptors (Lipinski definition) is 2. The average Bonchev–Trinajstić information content (AvgIpc) is 2.86. The van der Waals surface area contributed by atoms with Gasteiger partial charge in [-0.25, -0.2) is 0 Å². The van der Waals surface area contributed by atoms with Crippen LogP contribution in [0.2, 0.25) is 0 Å². The molecule has 2 unspecified atom stereocenters. The van der Waals surface area contributed by atoms with Crippen molar-refractivity contribution in [3.8, 4) is 0 Å². The Labute approximate surface area is 149 Å². The molecule has 2 aromatic rings. The molecule has 3 rings (SSSR count). The Bertz CT molecular complexity index is 834. The van der Waals surface area contributed by atoms with Crippen molar-refractivity contribution in [1.82, 2.24) is 4.90 Å². The van der Waals surface area contributed by atoms with Gasteiger partial charge in [0.1, 0.15) is 13.8 Å². The standard InChI is InChI=1S/C20H21BN2O2/c1-12-5-4-6-14(9-12)15-11-23(3)20(25)18(15)19(24)22-17-8-7-13(2)10-16(17)21/h4-10,15,18H,11H2,1-3H3,(H,22,24). The summed E-state index contributed by atoms with van der Waals surface area (Å²) in [7, 11) is 7.72. The van der Waals surface area contributed by atoms with Crippen LogP contribution in [0, 0.1) is 19.8 Å². The normalized spacial score (nSPS) is 20.0. The number of benzene rings is 2. The van der Waals surface area contributed by atoms with Gasteiger partial charge in [0.2, 0.25) is 11.8 Å². The van der Waals surface area contributed by atoms with Gasteiger partial charge in [0.25, 0.3) is 0 Å². The summed E-state index contributed by atoms with van der Waals surface area (Å²) in [5.41, 5.74) is 4.18. The molecule has 4 nitrogen and oxygen atoms in total. The van der Waals surface area contributed by atoms with Crippen molar-refractivity contribution in [2.75, 3.05) is 18.9 Å². The van der Waals surface area contributed by atoms with Crippen molar-refractivity contribution in [2.24, 2.45) is 5.92 Å². The molecule has 1 heterocycles. The Balaban J connectivity index is 1.89. The second-order valence-corrected chi connectivity index (χ2v) is 6.80. The zero-order valence-corrected chi connectivity index (χ0v) is 14.7. The summed E-state index contributed by atoms with van der Waals surface area (Å²) < 4.78 is 0. The average molecular weight is 332 g/mol. The summed E-state index contributed by atoms with van der Waals surface area (Å²) in [5, 5.41) is 2.83. The number of aryl methyl sites for hydroxylation is 2.